The number of benzene rings is 1. The topological polar surface area (TPSA) is 79.2 Å². The number of carbonyl (C=O) groups excluding carboxylic acids is 1. The fourth-order valence-electron chi connectivity index (χ4n) is 2.20. The van der Waals surface area contributed by atoms with Crippen LogP contribution in [0.25, 0.3) is 0 Å². The highest BCUT2D eigenvalue weighted by atomic mass is 16.3. The summed E-state index contributed by atoms with van der Waals surface area (Å²) in [6, 6.07) is 11.6. The lowest BCUT2D eigenvalue weighted by Crippen LogP contribution is -2.30. The maximum atomic E-state index is 12.0. The summed E-state index contributed by atoms with van der Waals surface area (Å²) in [5.74, 6) is 0.658. The molecule has 0 spiro atoms. The molecule has 0 saturated heterocycles. The fourth-order valence-corrected chi connectivity index (χ4v) is 2.20. The second kappa shape index (κ2) is 7.97. The smallest absolute Gasteiger partial charge is 0.320 e. The summed E-state index contributed by atoms with van der Waals surface area (Å²) in [7, 11) is 0. The first-order valence-corrected chi connectivity index (χ1v) is 8.18. The number of rotatable bonds is 6. The first kappa shape index (κ1) is 18.0. The largest absolute Gasteiger partial charge is 0.396 e. The van der Waals surface area contributed by atoms with E-state index >= 15 is 0 Å². The van der Waals surface area contributed by atoms with Crippen LogP contribution in [0.5, 0.6) is 0 Å². The van der Waals surface area contributed by atoms with Gasteiger partial charge in [-0.1, -0.05) is 51.1 Å². The van der Waals surface area contributed by atoms with Crippen LogP contribution in [0, 0.1) is 0 Å². The summed E-state index contributed by atoms with van der Waals surface area (Å²) in [4.78, 5) is 12.0. The van der Waals surface area contributed by atoms with Gasteiger partial charge in [0, 0.05) is 24.6 Å². The van der Waals surface area contributed by atoms with Crippen LogP contribution in [-0.4, -0.2) is 34.1 Å². The monoisotopic (exact) mass is 330 g/mol. The van der Waals surface area contributed by atoms with Gasteiger partial charge in [0.1, 0.15) is 5.82 Å². The Morgan fingerprint density at radius 3 is 2.58 bits per heavy atom. The molecule has 0 aliphatic carbocycles. The number of hydrogen-bond acceptors (Lipinski definition) is 3. The quantitative estimate of drug-likeness (QED) is 0.713. The molecule has 1 aromatic carbocycles. The number of nitrogens with zero attached hydrogens (tertiary/aromatic N) is 2. The fraction of sp³-hybridized carbons (Fsp3) is 0.444. The zero-order valence-electron chi connectivity index (χ0n) is 14.5. The van der Waals surface area contributed by atoms with Crippen LogP contribution < -0.4 is 10.6 Å². The van der Waals surface area contributed by atoms with Gasteiger partial charge in [0.05, 0.1) is 12.2 Å². The molecular formula is C18H26N4O2. The van der Waals surface area contributed by atoms with Crippen LogP contribution in [0.2, 0.25) is 0 Å². The normalized spacial score (nSPS) is 11.3. The molecule has 1 heterocycles. The molecule has 24 heavy (non-hydrogen) atoms. The average molecular weight is 330 g/mol. The zero-order chi connectivity index (χ0) is 17.6. The van der Waals surface area contributed by atoms with Crippen molar-refractivity contribution in [1.29, 1.82) is 0 Å². The molecule has 1 aromatic heterocycles. The van der Waals surface area contributed by atoms with E-state index in [4.69, 9.17) is 5.11 Å². The maximum absolute atomic E-state index is 12.0. The van der Waals surface area contributed by atoms with Crippen LogP contribution in [0.3, 0.4) is 0 Å². The van der Waals surface area contributed by atoms with Gasteiger partial charge in [-0.3, -0.25) is 5.32 Å². The van der Waals surface area contributed by atoms with Gasteiger partial charge < -0.3 is 10.4 Å². The van der Waals surface area contributed by atoms with Crippen molar-refractivity contribution >= 4 is 11.8 Å². The lowest BCUT2D eigenvalue weighted by atomic mass is 9.92. The van der Waals surface area contributed by atoms with Crippen molar-refractivity contribution in [1.82, 2.24) is 15.1 Å². The molecule has 2 amide bonds. The molecule has 0 aliphatic heterocycles. The van der Waals surface area contributed by atoms with Crippen molar-refractivity contribution in [3.8, 4) is 0 Å². The van der Waals surface area contributed by atoms with Crippen LogP contribution in [0.15, 0.2) is 36.4 Å². The van der Waals surface area contributed by atoms with E-state index in [1.165, 1.54) is 0 Å². The summed E-state index contributed by atoms with van der Waals surface area (Å²) in [6.07, 6.45) is 0.532. The number of carbonyl (C=O) groups is 1. The van der Waals surface area contributed by atoms with E-state index < -0.39 is 0 Å². The van der Waals surface area contributed by atoms with Crippen molar-refractivity contribution in [3.05, 3.63) is 47.7 Å². The predicted molar refractivity (Wildman–Crippen MR) is 95.2 cm³/mol. The Kier molecular flexibility index (Phi) is 5.98. The van der Waals surface area contributed by atoms with E-state index in [2.05, 4.69) is 36.5 Å². The Labute approximate surface area is 142 Å². The van der Waals surface area contributed by atoms with Crippen LogP contribution >= 0.6 is 0 Å². The number of nitrogens with one attached hydrogen (secondary N) is 2. The molecule has 130 valence electrons. The van der Waals surface area contributed by atoms with Crippen molar-refractivity contribution in [3.63, 3.8) is 0 Å². The van der Waals surface area contributed by atoms with E-state index in [9.17, 15) is 4.79 Å². The van der Waals surface area contributed by atoms with Crippen molar-refractivity contribution < 1.29 is 9.90 Å². The van der Waals surface area contributed by atoms with Gasteiger partial charge in [-0.05, 0) is 12.0 Å². The van der Waals surface area contributed by atoms with Gasteiger partial charge in [0.25, 0.3) is 0 Å². The maximum Gasteiger partial charge on any atom is 0.320 e. The van der Waals surface area contributed by atoms with Gasteiger partial charge in [-0.25, -0.2) is 9.48 Å². The Balaban J connectivity index is 2.18. The SMILES string of the molecule is CC(C)(C)c1cc(NC(=O)NCCCO)n(Cc2ccccc2)n1. The summed E-state index contributed by atoms with van der Waals surface area (Å²) in [5.41, 5.74) is 1.93. The number of urea groups is 1. The molecule has 6 nitrogen and oxygen atoms in total. The highest BCUT2D eigenvalue weighted by Gasteiger charge is 2.20. The van der Waals surface area contributed by atoms with E-state index in [1.807, 2.05) is 41.1 Å². The third-order valence-electron chi connectivity index (χ3n) is 3.59. The first-order chi connectivity index (χ1) is 11.4. The summed E-state index contributed by atoms with van der Waals surface area (Å²) < 4.78 is 1.81. The van der Waals surface area contributed by atoms with E-state index in [-0.39, 0.29) is 18.1 Å². The summed E-state index contributed by atoms with van der Waals surface area (Å²) in [5, 5.41) is 19.0. The number of aliphatic hydroxyl groups excluding tert-OH is 1. The molecule has 0 aliphatic rings. The van der Waals surface area contributed by atoms with Gasteiger partial charge >= 0.3 is 6.03 Å². The average Bonchev–Trinajstić information content (AvgIpc) is 2.91. The molecule has 2 aromatic rings. The van der Waals surface area contributed by atoms with E-state index in [0.29, 0.717) is 25.3 Å². The summed E-state index contributed by atoms with van der Waals surface area (Å²) >= 11 is 0. The molecule has 0 radical (unpaired) electrons. The van der Waals surface area contributed by atoms with Crippen LogP contribution in [0.4, 0.5) is 10.6 Å². The number of anilines is 1. The van der Waals surface area contributed by atoms with Gasteiger partial charge in [0.15, 0.2) is 0 Å². The van der Waals surface area contributed by atoms with Gasteiger partial charge in [-0.2, -0.15) is 5.10 Å². The number of aromatic nitrogens is 2. The Bertz CT molecular complexity index is 659. The zero-order valence-corrected chi connectivity index (χ0v) is 14.5. The highest BCUT2D eigenvalue weighted by Crippen LogP contribution is 2.24. The number of amides is 2. The van der Waals surface area contributed by atoms with E-state index in [1.54, 1.807) is 0 Å². The van der Waals surface area contributed by atoms with Crippen LogP contribution in [0.1, 0.15) is 38.4 Å². The molecule has 2 rings (SSSR count). The standard InChI is InChI=1S/C18H26N4O2/c1-18(2,3)15-12-16(20-17(24)19-10-7-11-23)22(21-15)13-14-8-5-4-6-9-14/h4-6,8-9,12,23H,7,10-11,13H2,1-3H3,(H2,19,20,24). The molecule has 0 bridgehead atoms. The Hall–Kier alpha value is -2.34. The van der Waals surface area contributed by atoms with Gasteiger partial charge in [0.2, 0.25) is 0 Å². The van der Waals surface area contributed by atoms with Gasteiger partial charge in [-0.15, -0.1) is 0 Å². The molecule has 6 heteroatoms. The lowest BCUT2D eigenvalue weighted by Gasteiger charge is -2.14. The predicted octanol–water partition coefficient (Wildman–Crippen LogP) is 2.73. The minimum absolute atomic E-state index is 0.0559. The van der Waals surface area contributed by atoms with Crippen molar-refractivity contribution in [2.24, 2.45) is 0 Å². The van der Waals surface area contributed by atoms with Crippen molar-refractivity contribution in [2.75, 3.05) is 18.5 Å². The third-order valence-corrected chi connectivity index (χ3v) is 3.59. The minimum Gasteiger partial charge on any atom is -0.396 e. The van der Waals surface area contributed by atoms with E-state index in [0.717, 1.165) is 11.3 Å². The molecule has 3 N–H and O–H groups in total. The molecule has 0 fully saturated rings. The number of aliphatic hydroxyl groups is 1. The second-order valence-corrected chi connectivity index (χ2v) is 6.77. The second-order valence-electron chi connectivity index (χ2n) is 6.77. The third kappa shape index (κ3) is 5.09. The molecule has 0 unspecified atom stereocenters. The first-order valence-electron chi connectivity index (χ1n) is 8.18. The minimum atomic E-state index is -0.293. The Morgan fingerprint density at radius 2 is 1.96 bits per heavy atom. The van der Waals surface area contributed by atoms with Crippen molar-refractivity contribution in [2.45, 2.75) is 39.2 Å². The number of hydrogen-bond donors (Lipinski definition) is 3. The molecular weight excluding hydrogens is 304 g/mol. The Morgan fingerprint density at radius 1 is 1.25 bits per heavy atom. The summed E-state index contributed by atoms with van der Waals surface area (Å²) in [6.45, 7) is 7.35. The lowest BCUT2D eigenvalue weighted by molar-refractivity contribution is 0.248. The highest BCUT2D eigenvalue weighted by molar-refractivity contribution is 5.88. The molecule has 0 atom stereocenters. The van der Waals surface area contributed by atoms with Crippen LogP contribution in [-0.2, 0) is 12.0 Å². The molecule has 0 saturated carbocycles.